The van der Waals surface area contributed by atoms with Crippen LogP contribution in [0.2, 0.25) is 5.02 Å². The molecule has 0 aliphatic rings. The van der Waals surface area contributed by atoms with Gasteiger partial charge in [-0.15, -0.1) is 0 Å². The van der Waals surface area contributed by atoms with Crippen molar-refractivity contribution in [1.29, 1.82) is 0 Å². The Morgan fingerprint density at radius 3 is 2.38 bits per heavy atom. The second-order valence-corrected chi connectivity index (χ2v) is 4.98. The number of aryl methyl sites for hydroxylation is 1. The fourth-order valence-corrected chi connectivity index (χ4v) is 2.14. The van der Waals surface area contributed by atoms with Crippen LogP contribution in [0, 0.1) is 6.92 Å². The maximum atomic E-state index is 12.6. The topological polar surface area (TPSA) is 54.4 Å². The van der Waals surface area contributed by atoms with Gasteiger partial charge in [0.1, 0.15) is 0 Å². The summed E-state index contributed by atoms with van der Waals surface area (Å²) in [5, 5.41) is 9.31. The van der Waals surface area contributed by atoms with Crippen LogP contribution >= 0.6 is 11.6 Å². The first-order valence-electron chi connectivity index (χ1n) is 6.30. The quantitative estimate of drug-likeness (QED) is 0.686. The molecule has 2 aromatic rings. The molecule has 4 heteroatoms. The van der Waals surface area contributed by atoms with E-state index in [0.717, 1.165) is 11.6 Å². The molecule has 0 aromatic heterocycles. The molecule has 0 bridgehead atoms. The van der Waals surface area contributed by atoms with Crippen molar-refractivity contribution >= 4 is 29.4 Å². The highest BCUT2D eigenvalue weighted by Gasteiger charge is 2.13. The van der Waals surface area contributed by atoms with Gasteiger partial charge in [0, 0.05) is 22.2 Å². The molecule has 0 spiro atoms. The second-order valence-electron chi connectivity index (χ2n) is 4.54. The number of carboxylic acid groups (broad SMARTS) is 1. The maximum absolute atomic E-state index is 12.6. The first-order valence-corrected chi connectivity index (χ1v) is 6.67. The van der Waals surface area contributed by atoms with Crippen LogP contribution in [-0.4, -0.2) is 16.9 Å². The van der Waals surface area contributed by atoms with Gasteiger partial charge in [-0.25, -0.2) is 4.79 Å². The number of hydrogen-bond acceptors (Lipinski definition) is 2. The van der Waals surface area contributed by atoms with Crippen molar-refractivity contribution < 1.29 is 14.7 Å². The van der Waals surface area contributed by atoms with Gasteiger partial charge in [0.25, 0.3) is 0 Å². The standard InChI is InChI=1S/C17H13ClO3/c1-11-3-2-4-15(14(11)9-10-16(19)20)17(21)12-5-7-13(18)8-6-12/h2-10H,1H3,(H,19,20)/b10-9+. The van der Waals surface area contributed by atoms with Gasteiger partial charge in [0.15, 0.2) is 5.78 Å². The zero-order chi connectivity index (χ0) is 15.4. The first-order chi connectivity index (χ1) is 9.99. The molecule has 1 N–H and O–H groups in total. The van der Waals surface area contributed by atoms with Crippen molar-refractivity contribution in [2.75, 3.05) is 0 Å². The van der Waals surface area contributed by atoms with Crippen LogP contribution in [0.25, 0.3) is 6.08 Å². The van der Waals surface area contributed by atoms with E-state index in [4.69, 9.17) is 16.7 Å². The maximum Gasteiger partial charge on any atom is 0.328 e. The molecule has 0 heterocycles. The van der Waals surface area contributed by atoms with Crippen LogP contribution < -0.4 is 0 Å². The molecule has 0 aliphatic carbocycles. The molecule has 3 nitrogen and oxygen atoms in total. The van der Waals surface area contributed by atoms with Gasteiger partial charge in [-0.3, -0.25) is 4.79 Å². The first kappa shape index (κ1) is 15.0. The fourth-order valence-electron chi connectivity index (χ4n) is 2.01. The molecule has 0 saturated heterocycles. The number of carbonyl (C=O) groups is 2. The number of benzene rings is 2. The van der Waals surface area contributed by atoms with Gasteiger partial charge in [-0.1, -0.05) is 29.8 Å². The van der Waals surface area contributed by atoms with Gasteiger partial charge < -0.3 is 5.11 Å². The van der Waals surface area contributed by atoms with Crippen LogP contribution in [0.1, 0.15) is 27.0 Å². The molecule has 21 heavy (non-hydrogen) atoms. The van der Waals surface area contributed by atoms with Crippen LogP contribution in [-0.2, 0) is 4.79 Å². The monoisotopic (exact) mass is 300 g/mol. The molecule has 0 saturated carbocycles. The van der Waals surface area contributed by atoms with Crippen molar-refractivity contribution in [2.24, 2.45) is 0 Å². The van der Waals surface area contributed by atoms with Gasteiger partial charge >= 0.3 is 5.97 Å². The van der Waals surface area contributed by atoms with Crippen LogP contribution in [0.4, 0.5) is 0 Å². The van der Waals surface area contributed by atoms with E-state index < -0.39 is 5.97 Å². The summed E-state index contributed by atoms with van der Waals surface area (Å²) in [6.07, 6.45) is 2.47. The lowest BCUT2D eigenvalue weighted by Crippen LogP contribution is -2.05. The van der Waals surface area contributed by atoms with Crippen molar-refractivity contribution in [3.05, 3.63) is 75.8 Å². The molecular formula is C17H13ClO3. The van der Waals surface area contributed by atoms with E-state index in [1.165, 1.54) is 6.08 Å². The summed E-state index contributed by atoms with van der Waals surface area (Å²) in [5.41, 5.74) is 2.43. The zero-order valence-electron chi connectivity index (χ0n) is 11.3. The summed E-state index contributed by atoms with van der Waals surface area (Å²) < 4.78 is 0. The Bertz CT molecular complexity index is 715. The van der Waals surface area contributed by atoms with Crippen molar-refractivity contribution in [3.63, 3.8) is 0 Å². The van der Waals surface area contributed by atoms with Crippen LogP contribution in [0.15, 0.2) is 48.5 Å². The number of carbonyl (C=O) groups excluding carboxylic acids is 1. The summed E-state index contributed by atoms with van der Waals surface area (Å²) in [6, 6.07) is 11.9. The minimum atomic E-state index is -1.05. The lowest BCUT2D eigenvalue weighted by molar-refractivity contribution is -0.131. The summed E-state index contributed by atoms with van der Waals surface area (Å²) in [6.45, 7) is 1.83. The number of aliphatic carboxylic acids is 1. The number of hydrogen-bond donors (Lipinski definition) is 1. The summed E-state index contributed by atoms with van der Waals surface area (Å²) in [7, 11) is 0. The molecule has 106 valence electrons. The Balaban J connectivity index is 2.48. The van der Waals surface area contributed by atoms with Crippen LogP contribution in [0.3, 0.4) is 0 Å². The van der Waals surface area contributed by atoms with Crippen molar-refractivity contribution in [2.45, 2.75) is 6.92 Å². The number of rotatable bonds is 4. The third-order valence-corrected chi connectivity index (χ3v) is 3.32. The molecular weight excluding hydrogens is 288 g/mol. The van der Waals surface area contributed by atoms with E-state index in [1.54, 1.807) is 36.4 Å². The largest absolute Gasteiger partial charge is 0.478 e. The molecule has 0 fully saturated rings. The van der Waals surface area contributed by atoms with E-state index >= 15 is 0 Å². The Morgan fingerprint density at radius 1 is 1.10 bits per heavy atom. The molecule has 0 radical (unpaired) electrons. The number of ketones is 1. The third-order valence-electron chi connectivity index (χ3n) is 3.07. The highest BCUT2D eigenvalue weighted by atomic mass is 35.5. The number of carboxylic acids is 1. The van der Waals surface area contributed by atoms with Gasteiger partial charge in [0.05, 0.1) is 0 Å². The average molecular weight is 301 g/mol. The van der Waals surface area contributed by atoms with Gasteiger partial charge in [-0.05, 0) is 48.4 Å². The van der Waals surface area contributed by atoms with Gasteiger partial charge in [0.2, 0.25) is 0 Å². The Kier molecular flexibility index (Phi) is 4.55. The minimum absolute atomic E-state index is 0.166. The van der Waals surface area contributed by atoms with Gasteiger partial charge in [-0.2, -0.15) is 0 Å². The lowest BCUT2D eigenvalue weighted by Gasteiger charge is -2.08. The minimum Gasteiger partial charge on any atom is -0.478 e. The van der Waals surface area contributed by atoms with E-state index in [0.29, 0.717) is 21.7 Å². The molecule has 0 amide bonds. The SMILES string of the molecule is Cc1cccc(C(=O)c2ccc(Cl)cc2)c1/C=C/C(=O)O. The summed E-state index contributed by atoms with van der Waals surface area (Å²) in [4.78, 5) is 23.2. The van der Waals surface area contributed by atoms with E-state index in [9.17, 15) is 9.59 Å². The smallest absolute Gasteiger partial charge is 0.328 e. The average Bonchev–Trinajstić information content (AvgIpc) is 2.45. The molecule has 2 rings (SSSR count). The van der Waals surface area contributed by atoms with E-state index in [1.807, 2.05) is 13.0 Å². The predicted octanol–water partition coefficient (Wildman–Crippen LogP) is 3.98. The number of halogens is 1. The normalized spacial score (nSPS) is 10.8. The highest BCUT2D eigenvalue weighted by Crippen LogP contribution is 2.21. The highest BCUT2D eigenvalue weighted by molar-refractivity contribution is 6.30. The van der Waals surface area contributed by atoms with Crippen molar-refractivity contribution in [1.82, 2.24) is 0 Å². The van der Waals surface area contributed by atoms with E-state index in [2.05, 4.69) is 0 Å². The van der Waals surface area contributed by atoms with Crippen LogP contribution in [0.5, 0.6) is 0 Å². The zero-order valence-corrected chi connectivity index (χ0v) is 12.1. The lowest BCUT2D eigenvalue weighted by atomic mass is 9.95. The molecule has 0 atom stereocenters. The Morgan fingerprint density at radius 2 is 1.76 bits per heavy atom. The fraction of sp³-hybridized carbons (Fsp3) is 0.0588. The third kappa shape index (κ3) is 3.58. The Labute approximate surface area is 127 Å². The summed E-state index contributed by atoms with van der Waals surface area (Å²) in [5.74, 6) is -1.22. The molecule has 0 unspecified atom stereocenters. The predicted molar refractivity (Wildman–Crippen MR) is 82.7 cm³/mol. The van der Waals surface area contributed by atoms with E-state index in [-0.39, 0.29) is 5.78 Å². The second kappa shape index (κ2) is 6.37. The Hall–Kier alpha value is -2.39. The summed E-state index contributed by atoms with van der Waals surface area (Å²) >= 11 is 5.82. The molecule has 0 aliphatic heterocycles. The molecule has 2 aromatic carbocycles. The van der Waals surface area contributed by atoms with Crippen molar-refractivity contribution in [3.8, 4) is 0 Å².